The lowest BCUT2D eigenvalue weighted by Gasteiger charge is -2.17. The second kappa shape index (κ2) is 8.40. The van der Waals surface area contributed by atoms with E-state index in [1.807, 2.05) is 50.1 Å². The monoisotopic (exact) mass is 361 g/mol. The summed E-state index contributed by atoms with van der Waals surface area (Å²) in [5.74, 6) is 0.373. The molecule has 0 saturated carbocycles. The maximum Gasteiger partial charge on any atom is 0.258 e. The molecular weight excluding hydrogens is 338 g/mol. The van der Waals surface area contributed by atoms with Gasteiger partial charge in [0.2, 0.25) is 5.95 Å². The average molecular weight is 361 g/mol. The van der Waals surface area contributed by atoms with E-state index in [1.54, 1.807) is 24.8 Å². The van der Waals surface area contributed by atoms with Gasteiger partial charge in [-0.25, -0.2) is 9.97 Å². The molecule has 6 heteroatoms. The molecular formula is C21H23N5O. The standard InChI is InChI=1S/C21H23N5O/c1-15-10-16(2)12-19(11-15)25-20(27)18-13-23-21(24-14-18)26(3)9-6-17-4-7-22-8-5-17/h4-5,7-8,10-14H,6,9H2,1-3H3,(H,25,27). The lowest BCUT2D eigenvalue weighted by molar-refractivity contribution is 0.102. The van der Waals surface area contributed by atoms with Crippen molar-refractivity contribution in [1.29, 1.82) is 0 Å². The number of nitrogens with zero attached hydrogens (tertiary/aromatic N) is 4. The Bertz CT molecular complexity index is 889. The zero-order valence-electron chi connectivity index (χ0n) is 15.8. The highest BCUT2D eigenvalue weighted by Crippen LogP contribution is 2.15. The van der Waals surface area contributed by atoms with Crippen LogP contribution in [-0.4, -0.2) is 34.5 Å². The summed E-state index contributed by atoms with van der Waals surface area (Å²) in [6.45, 7) is 4.78. The second-order valence-corrected chi connectivity index (χ2v) is 6.63. The number of carbonyl (C=O) groups is 1. The first kappa shape index (κ1) is 18.5. The molecule has 138 valence electrons. The SMILES string of the molecule is Cc1cc(C)cc(NC(=O)c2cnc(N(C)CCc3ccncc3)nc2)c1. The third kappa shape index (κ3) is 5.10. The van der Waals surface area contributed by atoms with Crippen molar-refractivity contribution >= 4 is 17.5 Å². The molecule has 1 aromatic carbocycles. The minimum Gasteiger partial charge on any atom is -0.344 e. The first-order valence-corrected chi connectivity index (χ1v) is 8.83. The van der Waals surface area contributed by atoms with E-state index < -0.39 is 0 Å². The van der Waals surface area contributed by atoms with Crippen LogP contribution >= 0.6 is 0 Å². The summed E-state index contributed by atoms with van der Waals surface area (Å²) in [4.78, 5) is 27.1. The topological polar surface area (TPSA) is 71.0 Å². The Morgan fingerprint density at radius 1 is 1.04 bits per heavy atom. The van der Waals surface area contributed by atoms with Gasteiger partial charge in [0.05, 0.1) is 5.56 Å². The minimum absolute atomic E-state index is 0.217. The van der Waals surface area contributed by atoms with Crippen LogP contribution < -0.4 is 10.2 Å². The van der Waals surface area contributed by atoms with Gasteiger partial charge in [-0.3, -0.25) is 9.78 Å². The van der Waals surface area contributed by atoms with Crippen molar-refractivity contribution in [3.05, 3.63) is 77.4 Å². The molecule has 0 bridgehead atoms. The van der Waals surface area contributed by atoms with E-state index in [4.69, 9.17) is 0 Å². The summed E-state index contributed by atoms with van der Waals surface area (Å²) < 4.78 is 0. The Hall–Kier alpha value is -3.28. The van der Waals surface area contributed by atoms with Gasteiger partial charge in [0.1, 0.15) is 0 Å². The predicted octanol–water partition coefficient (Wildman–Crippen LogP) is 3.42. The van der Waals surface area contributed by atoms with Crippen LogP contribution in [0.3, 0.4) is 0 Å². The highest BCUT2D eigenvalue weighted by atomic mass is 16.1. The Kier molecular flexibility index (Phi) is 5.76. The first-order valence-electron chi connectivity index (χ1n) is 8.83. The van der Waals surface area contributed by atoms with Crippen LogP contribution in [0, 0.1) is 13.8 Å². The normalized spacial score (nSPS) is 10.5. The molecule has 0 spiro atoms. The van der Waals surface area contributed by atoms with Crippen molar-refractivity contribution in [2.45, 2.75) is 20.3 Å². The summed E-state index contributed by atoms with van der Waals surface area (Å²) >= 11 is 0. The van der Waals surface area contributed by atoms with Gasteiger partial charge in [-0.05, 0) is 61.2 Å². The molecule has 0 radical (unpaired) electrons. The number of pyridine rings is 1. The van der Waals surface area contributed by atoms with Gasteiger partial charge in [-0.15, -0.1) is 0 Å². The van der Waals surface area contributed by atoms with Crippen LogP contribution in [0.2, 0.25) is 0 Å². The van der Waals surface area contributed by atoms with E-state index in [0.29, 0.717) is 11.5 Å². The fourth-order valence-electron chi connectivity index (χ4n) is 2.83. The fourth-order valence-corrected chi connectivity index (χ4v) is 2.83. The maximum atomic E-state index is 12.4. The number of aryl methyl sites for hydroxylation is 2. The molecule has 6 nitrogen and oxygen atoms in total. The number of nitrogens with one attached hydrogen (secondary N) is 1. The third-order valence-corrected chi connectivity index (χ3v) is 4.21. The quantitative estimate of drug-likeness (QED) is 0.728. The summed E-state index contributed by atoms with van der Waals surface area (Å²) in [6.07, 6.45) is 7.56. The van der Waals surface area contributed by atoms with Crippen molar-refractivity contribution in [1.82, 2.24) is 15.0 Å². The van der Waals surface area contributed by atoms with E-state index in [-0.39, 0.29) is 5.91 Å². The molecule has 0 unspecified atom stereocenters. The first-order chi connectivity index (χ1) is 13.0. The van der Waals surface area contributed by atoms with Gasteiger partial charge in [0.25, 0.3) is 5.91 Å². The molecule has 2 heterocycles. The Morgan fingerprint density at radius 3 is 2.30 bits per heavy atom. The molecule has 0 aliphatic carbocycles. The summed E-state index contributed by atoms with van der Waals surface area (Å²) in [7, 11) is 1.94. The van der Waals surface area contributed by atoms with E-state index in [2.05, 4.69) is 26.3 Å². The smallest absolute Gasteiger partial charge is 0.258 e. The molecule has 1 N–H and O–H groups in total. The van der Waals surface area contributed by atoms with Crippen LogP contribution in [0.4, 0.5) is 11.6 Å². The van der Waals surface area contributed by atoms with E-state index in [9.17, 15) is 4.79 Å². The van der Waals surface area contributed by atoms with Crippen LogP contribution in [0.1, 0.15) is 27.0 Å². The molecule has 3 rings (SSSR count). The molecule has 27 heavy (non-hydrogen) atoms. The van der Waals surface area contributed by atoms with Crippen LogP contribution in [0.25, 0.3) is 0 Å². The van der Waals surface area contributed by atoms with Gasteiger partial charge >= 0.3 is 0 Å². The van der Waals surface area contributed by atoms with Crippen LogP contribution in [0.15, 0.2) is 55.1 Å². The van der Waals surface area contributed by atoms with Crippen LogP contribution in [-0.2, 0) is 6.42 Å². The van der Waals surface area contributed by atoms with Crippen molar-refractivity contribution in [2.75, 3.05) is 23.8 Å². The molecule has 2 aromatic heterocycles. The summed E-state index contributed by atoms with van der Waals surface area (Å²) in [6, 6.07) is 9.93. The van der Waals surface area contributed by atoms with Gasteiger partial charge in [-0.1, -0.05) is 6.07 Å². The van der Waals surface area contributed by atoms with Crippen molar-refractivity contribution < 1.29 is 4.79 Å². The Balaban J connectivity index is 1.61. The Labute approximate surface area is 159 Å². The predicted molar refractivity (Wildman–Crippen MR) is 107 cm³/mol. The number of anilines is 2. The van der Waals surface area contributed by atoms with E-state index in [0.717, 1.165) is 29.8 Å². The second-order valence-electron chi connectivity index (χ2n) is 6.63. The number of likely N-dealkylation sites (N-methyl/N-ethyl adjacent to an activating group) is 1. The van der Waals surface area contributed by atoms with Gasteiger partial charge < -0.3 is 10.2 Å². The number of benzene rings is 1. The number of hydrogen-bond donors (Lipinski definition) is 1. The minimum atomic E-state index is -0.217. The third-order valence-electron chi connectivity index (χ3n) is 4.21. The lowest BCUT2D eigenvalue weighted by Crippen LogP contribution is -2.23. The number of hydrogen-bond acceptors (Lipinski definition) is 5. The highest BCUT2D eigenvalue weighted by Gasteiger charge is 2.10. The molecule has 0 aliphatic heterocycles. The zero-order valence-corrected chi connectivity index (χ0v) is 15.8. The average Bonchev–Trinajstić information content (AvgIpc) is 2.66. The molecule has 0 fully saturated rings. The van der Waals surface area contributed by atoms with Crippen molar-refractivity contribution in [3.63, 3.8) is 0 Å². The largest absolute Gasteiger partial charge is 0.344 e. The number of rotatable bonds is 6. The van der Waals surface area contributed by atoms with Gasteiger partial charge in [-0.2, -0.15) is 0 Å². The van der Waals surface area contributed by atoms with Crippen LogP contribution in [0.5, 0.6) is 0 Å². The molecule has 1 amide bonds. The maximum absolute atomic E-state index is 12.4. The van der Waals surface area contributed by atoms with E-state index in [1.165, 1.54) is 5.56 Å². The molecule has 3 aromatic rings. The number of carbonyl (C=O) groups excluding carboxylic acids is 1. The number of aromatic nitrogens is 3. The molecule has 0 saturated heterocycles. The summed E-state index contributed by atoms with van der Waals surface area (Å²) in [5.41, 5.74) is 4.62. The van der Waals surface area contributed by atoms with Gasteiger partial charge in [0.15, 0.2) is 0 Å². The molecule has 0 atom stereocenters. The van der Waals surface area contributed by atoms with Crippen molar-refractivity contribution in [2.24, 2.45) is 0 Å². The summed E-state index contributed by atoms with van der Waals surface area (Å²) in [5, 5.41) is 2.90. The lowest BCUT2D eigenvalue weighted by atomic mass is 10.1. The number of amides is 1. The highest BCUT2D eigenvalue weighted by molar-refractivity contribution is 6.04. The van der Waals surface area contributed by atoms with E-state index >= 15 is 0 Å². The fraction of sp³-hybridized carbons (Fsp3) is 0.238. The van der Waals surface area contributed by atoms with Crippen molar-refractivity contribution in [3.8, 4) is 0 Å². The zero-order chi connectivity index (χ0) is 19.2. The molecule has 0 aliphatic rings. The Morgan fingerprint density at radius 2 is 1.67 bits per heavy atom. The van der Waals surface area contributed by atoms with Gasteiger partial charge in [0, 0.05) is 44.1 Å².